The van der Waals surface area contributed by atoms with Gasteiger partial charge in [-0.3, -0.25) is 4.79 Å². The van der Waals surface area contributed by atoms with Crippen molar-refractivity contribution in [1.82, 2.24) is 24.6 Å². The summed E-state index contributed by atoms with van der Waals surface area (Å²) in [5.74, 6) is 1.84. The first-order chi connectivity index (χ1) is 15.6. The topological polar surface area (TPSA) is 121 Å². The van der Waals surface area contributed by atoms with Crippen molar-refractivity contribution in [1.29, 1.82) is 0 Å². The molecule has 0 bridgehead atoms. The quantitative estimate of drug-likeness (QED) is 0.439. The van der Waals surface area contributed by atoms with Crippen LogP contribution in [-0.2, 0) is 4.79 Å². The van der Waals surface area contributed by atoms with Gasteiger partial charge in [0.1, 0.15) is 11.6 Å². The molecule has 3 N–H and O–H groups in total. The predicted molar refractivity (Wildman–Crippen MR) is 121 cm³/mol. The molecule has 0 atom stereocenters. The number of β-amino-alcohol motifs (C(OH)–C–C–N with tert-alkyl or cyclic N) is 1. The summed E-state index contributed by atoms with van der Waals surface area (Å²) in [6, 6.07) is 5.75. The number of rotatable bonds is 5. The normalized spacial score (nSPS) is 16.4. The van der Waals surface area contributed by atoms with Gasteiger partial charge in [-0.25, -0.2) is 19.5 Å². The van der Waals surface area contributed by atoms with E-state index in [1.807, 2.05) is 31.4 Å². The highest BCUT2D eigenvalue weighted by atomic mass is 16.3. The highest BCUT2D eigenvalue weighted by Gasteiger charge is 2.30. The number of fused-ring (bicyclic) bond motifs is 2. The number of amides is 1. The molecule has 4 aromatic rings. The molecular weight excluding hydrogens is 408 g/mol. The number of aliphatic hydroxyl groups excluding tert-OH is 1. The molecule has 10 nitrogen and oxygen atoms in total. The molecule has 32 heavy (non-hydrogen) atoms. The van der Waals surface area contributed by atoms with Gasteiger partial charge in [0, 0.05) is 54.8 Å². The lowest BCUT2D eigenvalue weighted by molar-refractivity contribution is -0.117. The number of nitrogens with zero attached hydrogens (tertiary/aromatic N) is 6. The van der Waals surface area contributed by atoms with Crippen molar-refractivity contribution in [2.75, 3.05) is 35.7 Å². The molecule has 0 aromatic carbocycles. The molecule has 1 amide bonds. The lowest BCUT2D eigenvalue weighted by Gasteiger charge is -2.37. The number of pyridine rings is 3. The number of aliphatic hydroxyl groups is 1. The first-order valence-corrected chi connectivity index (χ1v) is 10.7. The zero-order chi connectivity index (χ0) is 21.8. The molecule has 0 spiro atoms. The second-order valence-corrected chi connectivity index (χ2v) is 8.33. The number of nitrogens with one attached hydrogen (secondary N) is 2. The summed E-state index contributed by atoms with van der Waals surface area (Å²) in [4.78, 5) is 27.9. The third-order valence-corrected chi connectivity index (χ3v) is 5.99. The van der Waals surface area contributed by atoms with Gasteiger partial charge in [0.2, 0.25) is 5.91 Å². The summed E-state index contributed by atoms with van der Waals surface area (Å²) in [6.45, 7) is 1.24. The van der Waals surface area contributed by atoms with Crippen LogP contribution in [0.4, 0.5) is 17.3 Å². The van der Waals surface area contributed by atoms with Crippen LogP contribution in [0.1, 0.15) is 12.8 Å². The Balaban J connectivity index is 1.42. The van der Waals surface area contributed by atoms with Crippen LogP contribution < -0.4 is 15.5 Å². The van der Waals surface area contributed by atoms with Gasteiger partial charge in [0.25, 0.3) is 0 Å². The minimum absolute atomic E-state index is 0.00999. The van der Waals surface area contributed by atoms with Gasteiger partial charge < -0.3 is 20.6 Å². The van der Waals surface area contributed by atoms with E-state index in [0.29, 0.717) is 36.2 Å². The number of carbonyl (C=O) groups excluding carboxylic acids is 1. The van der Waals surface area contributed by atoms with Crippen molar-refractivity contribution in [3.63, 3.8) is 0 Å². The van der Waals surface area contributed by atoms with Crippen LogP contribution in [-0.4, -0.2) is 61.8 Å². The van der Waals surface area contributed by atoms with Crippen LogP contribution in [0, 0.1) is 5.92 Å². The van der Waals surface area contributed by atoms with E-state index in [9.17, 15) is 9.90 Å². The fourth-order valence-electron chi connectivity index (χ4n) is 3.99. The van der Waals surface area contributed by atoms with Crippen LogP contribution in [0.5, 0.6) is 0 Å². The number of aromatic nitrogens is 5. The van der Waals surface area contributed by atoms with Crippen LogP contribution in [0.2, 0.25) is 0 Å². The summed E-state index contributed by atoms with van der Waals surface area (Å²) >= 11 is 0. The van der Waals surface area contributed by atoms with Crippen LogP contribution >= 0.6 is 0 Å². The molecule has 1 aliphatic heterocycles. The summed E-state index contributed by atoms with van der Waals surface area (Å²) in [6.07, 6.45) is 6.96. The number of carbonyl (C=O) groups is 1. The predicted octanol–water partition coefficient (Wildman–Crippen LogP) is 1.91. The van der Waals surface area contributed by atoms with Gasteiger partial charge in [-0.1, -0.05) is 0 Å². The average molecular weight is 430 g/mol. The van der Waals surface area contributed by atoms with Gasteiger partial charge in [0.15, 0.2) is 11.5 Å². The summed E-state index contributed by atoms with van der Waals surface area (Å²) in [7, 11) is 1.81. The standard InChI is InChI=1S/C22H22N8O2/c1-23-20-16-7-24-18(26-22(32)12-2-3-12)6-15(16)17(8-25-20)21-27-19-5-4-13(9-30(19)28-21)29-10-14(31)11-29/h4-9,12,14,31H,2-3,10-11H2,1H3,(H,23,25)(H,24,26,32). The van der Waals surface area contributed by atoms with Crippen molar-refractivity contribution >= 4 is 39.6 Å². The van der Waals surface area contributed by atoms with Crippen molar-refractivity contribution in [2.45, 2.75) is 18.9 Å². The lowest BCUT2D eigenvalue weighted by atomic mass is 10.1. The third-order valence-electron chi connectivity index (χ3n) is 5.99. The fraction of sp³-hybridized carbons (Fsp3) is 0.318. The van der Waals surface area contributed by atoms with E-state index in [-0.39, 0.29) is 17.9 Å². The zero-order valence-corrected chi connectivity index (χ0v) is 17.5. The Morgan fingerprint density at radius 1 is 1.16 bits per heavy atom. The Hall–Kier alpha value is -3.79. The van der Waals surface area contributed by atoms with Gasteiger partial charge in [-0.2, -0.15) is 0 Å². The Labute approximate surface area is 183 Å². The molecule has 2 fully saturated rings. The highest BCUT2D eigenvalue weighted by Crippen LogP contribution is 2.33. The second-order valence-electron chi connectivity index (χ2n) is 8.33. The van der Waals surface area contributed by atoms with E-state index in [4.69, 9.17) is 4.98 Å². The SMILES string of the molecule is CNc1ncc(-c2nc3ccc(N4CC(O)C4)cn3n2)c2cc(NC(=O)C3CC3)ncc12. The Bertz CT molecular complexity index is 1360. The van der Waals surface area contributed by atoms with Crippen molar-refractivity contribution in [3.05, 3.63) is 36.8 Å². The zero-order valence-electron chi connectivity index (χ0n) is 17.5. The average Bonchev–Trinajstić information content (AvgIpc) is 3.55. The van der Waals surface area contributed by atoms with Crippen LogP contribution in [0.3, 0.4) is 0 Å². The molecule has 162 valence electrons. The molecule has 4 aromatic heterocycles. The van der Waals surface area contributed by atoms with Crippen LogP contribution in [0.25, 0.3) is 27.8 Å². The monoisotopic (exact) mass is 430 g/mol. The summed E-state index contributed by atoms with van der Waals surface area (Å²) < 4.78 is 1.74. The molecular formula is C22H22N8O2. The molecule has 1 saturated carbocycles. The molecule has 0 radical (unpaired) electrons. The molecule has 1 aliphatic carbocycles. The molecule has 0 unspecified atom stereocenters. The minimum Gasteiger partial charge on any atom is -0.389 e. The van der Waals surface area contributed by atoms with E-state index in [0.717, 1.165) is 34.9 Å². The van der Waals surface area contributed by atoms with Gasteiger partial charge in [0.05, 0.1) is 18.0 Å². The Morgan fingerprint density at radius 2 is 2.00 bits per heavy atom. The van der Waals surface area contributed by atoms with E-state index in [2.05, 4.69) is 30.6 Å². The second kappa shape index (κ2) is 7.13. The van der Waals surface area contributed by atoms with Gasteiger partial charge in [-0.15, -0.1) is 5.10 Å². The van der Waals surface area contributed by atoms with Gasteiger partial charge in [-0.05, 0) is 31.0 Å². The molecule has 1 saturated heterocycles. The number of hydrogen-bond donors (Lipinski definition) is 3. The van der Waals surface area contributed by atoms with E-state index in [1.54, 1.807) is 16.9 Å². The van der Waals surface area contributed by atoms with E-state index >= 15 is 0 Å². The van der Waals surface area contributed by atoms with Crippen molar-refractivity contribution in [2.24, 2.45) is 5.92 Å². The highest BCUT2D eigenvalue weighted by molar-refractivity contribution is 6.03. The summed E-state index contributed by atoms with van der Waals surface area (Å²) in [5.41, 5.74) is 2.46. The maximum absolute atomic E-state index is 12.2. The van der Waals surface area contributed by atoms with Crippen LogP contribution in [0.15, 0.2) is 36.8 Å². The van der Waals surface area contributed by atoms with E-state index in [1.165, 1.54) is 0 Å². The maximum Gasteiger partial charge on any atom is 0.228 e. The number of hydrogen-bond acceptors (Lipinski definition) is 8. The van der Waals surface area contributed by atoms with Crippen molar-refractivity contribution < 1.29 is 9.90 Å². The Morgan fingerprint density at radius 3 is 2.75 bits per heavy atom. The molecule has 2 aliphatic rings. The maximum atomic E-state index is 12.2. The fourth-order valence-corrected chi connectivity index (χ4v) is 3.99. The summed E-state index contributed by atoms with van der Waals surface area (Å²) in [5, 5.41) is 21.9. The smallest absolute Gasteiger partial charge is 0.228 e. The minimum atomic E-state index is -0.275. The van der Waals surface area contributed by atoms with E-state index < -0.39 is 0 Å². The molecule has 6 rings (SSSR count). The van der Waals surface area contributed by atoms with Gasteiger partial charge >= 0.3 is 0 Å². The molecule has 5 heterocycles. The third kappa shape index (κ3) is 3.19. The lowest BCUT2D eigenvalue weighted by Crippen LogP contribution is -2.50. The largest absolute Gasteiger partial charge is 0.389 e. The molecule has 10 heteroatoms. The first kappa shape index (κ1) is 18.9. The van der Waals surface area contributed by atoms with Crippen molar-refractivity contribution in [3.8, 4) is 11.4 Å². The first-order valence-electron chi connectivity index (χ1n) is 10.7. The number of anilines is 3. The Kier molecular flexibility index (Phi) is 4.22.